The van der Waals surface area contributed by atoms with Crippen molar-refractivity contribution >= 4 is 29.4 Å². The van der Waals surface area contributed by atoms with Gasteiger partial charge in [-0.1, -0.05) is 12.1 Å². The summed E-state index contributed by atoms with van der Waals surface area (Å²) in [5.74, 6) is 0.423. The molecule has 4 rings (SSSR count). The number of fused-ring (bicyclic) bond motifs is 1. The molecule has 3 aromatic rings. The Morgan fingerprint density at radius 1 is 1.15 bits per heavy atom. The highest BCUT2D eigenvalue weighted by atomic mass is 16.6. The molecule has 0 saturated carbocycles. The van der Waals surface area contributed by atoms with Crippen LogP contribution >= 0.6 is 0 Å². The molecule has 0 radical (unpaired) electrons. The smallest absolute Gasteiger partial charge is 0.419 e. The van der Waals surface area contributed by atoms with Gasteiger partial charge in [0.15, 0.2) is 0 Å². The second-order valence-corrected chi connectivity index (χ2v) is 10.8. The number of benzene rings is 2. The Morgan fingerprint density at radius 3 is 2.38 bits per heavy atom. The molecular weight excluding hydrogens is 514 g/mol. The van der Waals surface area contributed by atoms with Crippen LogP contribution in [0.5, 0.6) is 5.75 Å². The van der Waals surface area contributed by atoms with E-state index in [4.69, 9.17) is 29.8 Å². The molecule has 0 spiro atoms. The van der Waals surface area contributed by atoms with Gasteiger partial charge in [-0.3, -0.25) is 14.3 Å². The Morgan fingerprint density at radius 2 is 1.80 bits per heavy atom. The SMILES string of the molecule is COC(=O)c1ccc([C@H]2C[C@H](N)CCN2Cc2c(OC)cc(C)c3c2ccn3C(=O)OC(C)(C)C)cc1.O=CO. The monoisotopic (exact) mass is 553 g/mol. The van der Waals surface area contributed by atoms with Gasteiger partial charge in [0.05, 0.1) is 25.3 Å². The van der Waals surface area contributed by atoms with Crippen molar-refractivity contribution in [3.8, 4) is 5.75 Å². The summed E-state index contributed by atoms with van der Waals surface area (Å²) in [4.78, 5) is 35.6. The van der Waals surface area contributed by atoms with Crippen molar-refractivity contribution in [1.29, 1.82) is 0 Å². The van der Waals surface area contributed by atoms with E-state index in [0.29, 0.717) is 12.1 Å². The lowest BCUT2D eigenvalue weighted by atomic mass is 9.91. The standard InChI is InChI=1S/C29H37N3O5.CH2O2/c1-18-15-25(35-5)23(22-12-14-32(26(18)22)28(34)37-29(2,3)4)17-31-13-11-21(30)16-24(31)19-7-9-20(10-8-19)27(33)36-6;2-1-3/h7-10,12,14-15,21,24H,11,13,16-17,30H2,1-6H3;1H,(H,2,3)/t21-,24-;/m1./s1. The van der Waals surface area contributed by atoms with E-state index in [1.54, 1.807) is 30.0 Å². The predicted octanol–water partition coefficient (Wildman–Crippen LogP) is 4.89. The van der Waals surface area contributed by atoms with Gasteiger partial charge in [-0.2, -0.15) is 0 Å². The van der Waals surface area contributed by atoms with Crippen LogP contribution in [0.4, 0.5) is 4.79 Å². The van der Waals surface area contributed by atoms with Gasteiger partial charge < -0.3 is 25.1 Å². The summed E-state index contributed by atoms with van der Waals surface area (Å²) in [5.41, 5.74) is 10.2. The molecule has 1 aliphatic heterocycles. The van der Waals surface area contributed by atoms with Gasteiger partial charge in [0.1, 0.15) is 11.4 Å². The van der Waals surface area contributed by atoms with Gasteiger partial charge in [-0.15, -0.1) is 0 Å². The molecule has 1 aromatic heterocycles. The molecule has 2 atom stereocenters. The van der Waals surface area contributed by atoms with Gasteiger partial charge in [-0.25, -0.2) is 9.59 Å². The lowest BCUT2D eigenvalue weighted by Gasteiger charge is -2.39. The molecule has 40 heavy (non-hydrogen) atoms. The number of likely N-dealkylation sites (tertiary alicyclic amines) is 1. The first-order valence-corrected chi connectivity index (χ1v) is 13.1. The van der Waals surface area contributed by atoms with E-state index in [2.05, 4.69) is 4.90 Å². The van der Waals surface area contributed by atoms with Crippen molar-refractivity contribution in [2.24, 2.45) is 5.73 Å². The highest BCUT2D eigenvalue weighted by molar-refractivity contribution is 5.95. The Kier molecular flexibility index (Phi) is 9.94. The molecule has 1 fully saturated rings. The Hall–Kier alpha value is -3.89. The number of hydrogen-bond donors (Lipinski definition) is 2. The number of ether oxygens (including phenoxy) is 3. The summed E-state index contributed by atoms with van der Waals surface area (Å²) >= 11 is 0. The normalized spacial score (nSPS) is 17.5. The number of carboxylic acid groups (broad SMARTS) is 1. The minimum Gasteiger partial charge on any atom is -0.496 e. The molecule has 0 aliphatic carbocycles. The first kappa shape index (κ1) is 30.6. The van der Waals surface area contributed by atoms with Crippen molar-refractivity contribution in [2.75, 3.05) is 20.8 Å². The van der Waals surface area contributed by atoms with Crippen LogP contribution in [0.25, 0.3) is 10.9 Å². The van der Waals surface area contributed by atoms with Crippen LogP contribution in [0.2, 0.25) is 0 Å². The molecule has 0 unspecified atom stereocenters. The minimum atomic E-state index is -0.597. The van der Waals surface area contributed by atoms with E-state index in [1.165, 1.54) is 7.11 Å². The highest BCUT2D eigenvalue weighted by Crippen LogP contribution is 2.38. The van der Waals surface area contributed by atoms with E-state index >= 15 is 0 Å². The number of carbonyl (C=O) groups is 3. The van der Waals surface area contributed by atoms with Crippen molar-refractivity contribution in [3.05, 3.63) is 64.8 Å². The van der Waals surface area contributed by atoms with Gasteiger partial charge in [0.2, 0.25) is 0 Å². The van der Waals surface area contributed by atoms with Crippen LogP contribution in [-0.2, 0) is 20.8 Å². The van der Waals surface area contributed by atoms with Gasteiger partial charge in [-0.05, 0) is 75.9 Å². The van der Waals surface area contributed by atoms with Crippen LogP contribution < -0.4 is 10.5 Å². The number of methoxy groups -OCH3 is 2. The summed E-state index contributed by atoms with van der Waals surface area (Å²) < 4.78 is 17.9. The maximum atomic E-state index is 13.0. The van der Waals surface area contributed by atoms with Crippen molar-refractivity contribution < 1.29 is 33.7 Å². The first-order valence-electron chi connectivity index (χ1n) is 13.1. The second kappa shape index (κ2) is 13.0. The summed E-state index contributed by atoms with van der Waals surface area (Å²) in [6, 6.07) is 11.6. The van der Waals surface area contributed by atoms with Crippen molar-refractivity contribution in [1.82, 2.24) is 9.47 Å². The number of esters is 1. The fourth-order valence-electron chi connectivity index (χ4n) is 5.11. The molecule has 10 nitrogen and oxygen atoms in total. The quantitative estimate of drug-likeness (QED) is 0.334. The molecule has 1 aliphatic rings. The maximum absolute atomic E-state index is 13.0. The average Bonchev–Trinajstić information content (AvgIpc) is 3.36. The zero-order valence-corrected chi connectivity index (χ0v) is 24.0. The maximum Gasteiger partial charge on any atom is 0.419 e. The number of aromatic nitrogens is 1. The van der Waals surface area contributed by atoms with E-state index in [1.807, 2.05) is 52.0 Å². The van der Waals surface area contributed by atoms with Crippen LogP contribution in [-0.4, -0.2) is 65.5 Å². The lowest BCUT2D eigenvalue weighted by Crippen LogP contribution is -2.41. The molecule has 2 heterocycles. The zero-order chi connectivity index (χ0) is 29.6. The fourth-order valence-corrected chi connectivity index (χ4v) is 5.11. The zero-order valence-electron chi connectivity index (χ0n) is 24.0. The van der Waals surface area contributed by atoms with E-state index in [9.17, 15) is 9.59 Å². The summed E-state index contributed by atoms with van der Waals surface area (Å²) in [6.07, 6.45) is 3.04. The second-order valence-electron chi connectivity index (χ2n) is 10.8. The summed E-state index contributed by atoms with van der Waals surface area (Å²) in [7, 11) is 3.05. The molecule has 0 bridgehead atoms. The molecule has 1 saturated heterocycles. The van der Waals surface area contributed by atoms with Crippen molar-refractivity contribution in [2.45, 2.75) is 64.8 Å². The fraction of sp³-hybridized carbons (Fsp3) is 0.433. The number of hydrogen-bond acceptors (Lipinski definition) is 8. The lowest BCUT2D eigenvalue weighted by molar-refractivity contribution is -0.122. The van der Waals surface area contributed by atoms with Gasteiger partial charge in [0, 0.05) is 42.3 Å². The molecule has 2 aromatic carbocycles. The number of rotatable bonds is 5. The number of nitrogens with two attached hydrogens (primary N) is 1. The third-order valence-corrected chi connectivity index (χ3v) is 6.87. The van der Waals surface area contributed by atoms with E-state index < -0.39 is 11.7 Å². The number of aryl methyl sites for hydroxylation is 1. The molecule has 10 heteroatoms. The van der Waals surface area contributed by atoms with Gasteiger partial charge >= 0.3 is 12.1 Å². The van der Waals surface area contributed by atoms with Crippen molar-refractivity contribution in [3.63, 3.8) is 0 Å². The Balaban J connectivity index is 0.00000141. The summed E-state index contributed by atoms with van der Waals surface area (Å²) in [6.45, 7) is 8.73. The number of nitrogens with zero attached hydrogens (tertiary/aromatic N) is 2. The Bertz CT molecular complexity index is 1340. The van der Waals surface area contributed by atoms with E-state index in [-0.39, 0.29) is 24.5 Å². The molecule has 3 N–H and O–H groups in total. The topological polar surface area (TPSA) is 133 Å². The van der Waals surface area contributed by atoms with Crippen LogP contribution in [0.3, 0.4) is 0 Å². The average molecular weight is 554 g/mol. The molecular formula is C30H39N3O7. The predicted molar refractivity (Wildman–Crippen MR) is 152 cm³/mol. The van der Waals surface area contributed by atoms with Crippen LogP contribution in [0.15, 0.2) is 42.6 Å². The molecule has 0 amide bonds. The van der Waals surface area contributed by atoms with Crippen LogP contribution in [0, 0.1) is 6.92 Å². The third-order valence-electron chi connectivity index (χ3n) is 6.87. The van der Waals surface area contributed by atoms with E-state index in [0.717, 1.165) is 52.7 Å². The highest BCUT2D eigenvalue weighted by Gasteiger charge is 2.30. The number of piperidine rings is 1. The van der Waals surface area contributed by atoms with Gasteiger partial charge in [0.25, 0.3) is 6.47 Å². The minimum absolute atomic E-state index is 0.0736. The van der Waals surface area contributed by atoms with Crippen LogP contribution in [0.1, 0.15) is 66.7 Å². The Labute approximate surface area is 234 Å². The number of carbonyl (C=O) groups excluding carboxylic acids is 2. The first-order chi connectivity index (χ1) is 18.9. The molecule has 216 valence electrons. The largest absolute Gasteiger partial charge is 0.496 e. The summed E-state index contributed by atoms with van der Waals surface area (Å²) in [5, 5.41) is 7.84. The third kappa shape index (κ3) is 7.00.